The highest BCUT2D eigenvalue weighted by Crippen LogP contribution is 2.36. The van der Waals surface area contributed by atoms with Crippen LogP contribution in [0.25, 0.3) is 0 Å². The number of aromatic amines is 1. The van der Waals surface area contributed by atoms with Crippen LogP contribution in [0.5, 0.6) is 5.88 Å². The molecule has 0 spiro atoms. The standard InChI is InChI=1S/C29H29Cl2N7O4/c1-37-21-9-5-3-7-19(21)25(38-14-16-10-11-17(15-38)13-12-16)32-24(28(37)40)34-29(41)42-27-22(31)23(35-36-27)33-26(39)18-6-2-4-8-20(18)30/h2-9,16-17,24H,10-15H2,1H3,(H,34,41)(H2,33,35,36,39). The molecule has 3 amide bonds. The number of H-pyrrole nitrogens is 1. The smallest absolute Gasteiger partial charge is 0.388 e. The van der Waals surface area contributed by atoms with E-state index < -0.39 is 24.1 Å². The molecule has 3 aromatic rings. The summed E-state index contributed by atoms with van der Waals surface area (Å²) in [5.74, 6) is 0.596. The highest BCUT2D eigenvalue weighted by atomic mass is 35.5. The number of aliphatic imine (C=N–C) groups is 1. The Kier molecular flexibility index (Phi) is 7.78. The molecule has 4 aliphatic rings. The van der Waals surface area contributed by atoms with E-state index in [0.29, 0.717) is 23.4 Å². The second-order valence-corrected chi connectivity index (χ2v) is 11.5. The summed E-state index contributed by atoms with van der Waals surface area (Å²) in [7, 11) is 1.66. The predicted octanol–water partition coefficient (Wildman–Crippen LogP) is 4.93. The van der Waals surface area contributed by atoms with Gasteiger partial charge in [-0.2, -0.15) is 0 Å². The van der Waals surface area contributed by atoms with Crippen LogP contribution >= 0.6 is 23.2 Å². The van der Waals surface area contributed by atoms with Gasteiger partial charge >= 0.3 is 6.09 Å². The number of amidine groups is 1. The van der Waals surface area contributed by atoms with Gasteiger partial charge in [-0.25, -0.2) is 9.79 Å². The second kappa shape index (κ2) is 11.7. The van der Waals surface area contributed by atoms with Crippen LogP contribution in [-0.2, 0) is 4.79 Å². The highest BCUT2D eigenvalue weighted by molar-refractivity contribution is 6.36. The molecule has 7 rings (SSSR count). The third-order valence-electron chi connectivity index (χ3n) is 8.02. The van der Waals surface area contributed by atoms with Gasteiger partial charge in [0.2, 0.25) is 6.17 Å². The molecular formula is C29H29Cl2N7O4. The first-order chi connectivity index (χ1) is 20.3. The maximum Gasteiger partial charge on any atom is 0.416 e. The van der Waals surface area contributed by atoms with E-state index >= 15 is 0 Å². The number of hydrogen-bond acceptors (Lipinski definition) is 7. The number of ether oxygens (including phenoxy) is 1. The molecule has 11 nitrogen and oxygen atoms in total. The quantitative estimate of drug-likeness (QED) is 0.384. The average Bonchev–Trinajstić information content (AvgIpc) is 3.15. The fraction of sp³-hybridized carbons (Fsp3) is 0.345. The molecule has 3 fully saturated rings. The molecule has 3 N–H and O–H groups in total. The number of nitrogens with zero attached hydrogens (tertiary/aromatic N) is 4. The Morgan fingerprint density at radius 2 is 1.67 bits per heavy atom. The summed E-state index contributed by atoms with van der Waals surface area (Å²) < 4.78 is 5.33. The molecule has 13 heteroatoms. The van der Waals surface area contributed by atoms with Gasteiger partial charge in [0.1, 0.15) is 10.9 Å². The molecule has 1 aliphatic carbocycles. The van der Waals surface area contributed by atoms with Gasteiger partial charge in [-0.3, -0.25) is 20.0 Å². The van der Waals surface area contributed by atoms with Crippen molar-refractivity contribution >= 4 is 58.5 Å². The van der Waals surface area contributed by atoms with Gasteiger partial charge in [-0.15, -0.1) is 5.10 Å². The Labute approximate surface area is 252 Å². The minimum absolute atomic E-state index is 0.0150. The highest BCUT2D eigenvalue weighted by Gasteiger charge is 2.36. The van der Waals surface area contributed by atoms with Gasteiger partial charge in [0.05, 0.1) is 16.3 Å². The Morgan fingerprint density at radius 3 is 2.38 bits per heavy atom. The zero-order chi connectivity index (χ0) is 29.4. The van der Waals surface area contributed by atoms with Crippen molar-refractivity contribution in [2.45, 2.75) is 31.8 Å². The van der Waals surface area contributed by atoms with Gasteiger partial charge in [0, 0.05) is 25.7 Å². The third-order valence-corrected chi connectivity index (χ3v) is 8.70. The zero-order valence-electron chi connectivity index (χ0n) is 22.8. The normalized spacial score (nSPS) is 21.6. The lowest BCUT2D eigenvalue weighted by atomic mass is 9.84. The van der Waals surface area contributed by atoms with Gasteiger partial charge in [-0.05, 0) is 61.8 Å². The van der Waals surface area contributed by atoms with E-state index in [9.17, 15) is 14.4 Å². The van der Waals surface area contributed by atoms with E-state index in [4.69, 9.17) is 32.9 Å². The van der Waals surface area contributed by atoms with E-state index in [2.05, 4.69) is 25.7 Å². The maximum absolute atomic E-state index is 13.5. The van der Waals surface area contributed by atoms with Crippen molar-refractivity contribution in [2.24, 2.45) is 16.8 Å². The van der Waals surface area contributed by atoms with Gasteiger partial charge in [0.15, 0.2) is 5.82 Å². The molecule has 1 aromatic heterocycles. The van der Waals surface area contributed by atoms with Crippen LogP contribution in [0.2, 0.25) is 10.0 Å². The minimum atomic E-state index is -1.25. The number of rotatable bonds is 4. The number of anilines is 2. The minimum Gasteiger partial charge on any atom is -0.388 e. The summed E-state index contributed by atoms with van der Waals surface area (Å²) in [4.78, 5) is 47.7. The molecule has 1 unspecified atom stereocenters. The Morgan fingerprint density at radius 1 is 1.00 bits per heavy atom. The summed E-state index contributed by atoms with van der Waals surface area (Å²) in [6, 6.07) is 14.1. The summed E-state index contributed by atoms with van der Waals surface area (Å²) >= 11 is 12.4. The van der Waals surface area contributed by atoms with Gasteiger partial charge in [-0.1, -0.05) is 47.5 Å². The lowest BCUT2D eigenvalue weighted by Gasteiger charge is -2.27. The summed E-state index contributed by atoms with van der Waals surface area (Å²) in [5, 5.41) is 11.7. The fourth-order valence-electron chi connectivity index (χ4n) is 5.84. The Balaban J connectivity index is 1.21. The number of benzodiazepines with no additional fused rings is 1. The summed E-state index contributed by atoms with van der Waals surface area (Å²) in [6.07, 6.45) is 2.53. The van der Waals surface area contributed by atoms with Crippen LogP contribution in [0.1, 0.15) is 41.6 Å². The number of para-hydroxylation sites is 1. The van der Waals surface area contributed by atoms with E-state index in [1.165, 1.54) is 30.6 Å². The van der Waals surface area contributed by atoms with E-state index in [0.717, 1.165) is 18.7 Å². The Bertz CT molecular complexity index is 1550. The average molecular weight is 611 g/mol. The van der Waals surface area contributed by atoms with Gasteiger partial charge in [0.25, 0.3) is 17.7 Å². The molecule has 3 aliphatic heterocycles. The van der Waals surface area contributed by atoms with Crippen molar-refractivity contribution < 1.29 is 19.1 Å². The van der Waals surface area contributed by atoms with Crippen LogP contribution in [0.3, 0.4) is 0 Å². The number of aromatic nitrogens is 2. The number of fused-ring (bicyclic) bond motifs is 5. The molecule has 0 radical (unpaired) electrons. The van der Waals surface area contributed by atoms with E-state index in [1.807, 2.05) is 24.3 Å². The topological polar surface area (TPSA) is 132 Å². The maximum atomic E-state index is 13.5. The first-order valence-electron chi connectivity index (χ1n) is 13.8. The molecule has 4 heterocycles. The van der Waals surface area contributed by atoms with E-state index in [-0.39, 0.29) is 27.3 Å². The lowest BCUT2D eigenvalue weighted by Crippen LogP contribution is -2.47. The first-order valence-corrected chi connectivity index (χ1v) is 14.5. The number of hydrogen-bond donors (Lipinski definition) is 3. The second-order valence-electron chi connectivity index (χ2n) is 10.7. The third kappa shape index (κ3) is 5.54. The summed E-state index contributed by atoms with van der Waals surface area (Å²) in [5.41, 5.74) is 1.78. The SMILES string of the molecule is CN1C(=O)C(NC(=O)Oc2n[nH]c(NC(=O)c3ccccc3Cl)c2Cl)N=C(N2CC3CCC(CC3)C2)c2ccccc21. The zero-order valence-corrected chi connectivity index (χ0v) is 24.3. The lowest BCUT2D eigenvalue weighted by molar-refractivity contribution is -0.120. The molecule has 2 aromatic carbocycles. The number of halogens is 2. The van der Waals surface area contributed by atoms with Crippen molar-refractivity contribution in [3.05, 3.63) is 69.7 Å². The number of likely N-dealkylation sites (N-methyl/N-ethyl adjacent to an activating group) is 1. The number of amides is 3. The molecule has 1 atom stereocenters. The van der Waals surface area contributed by atoms with Crippen molar-refractivity contribution in [3.63, 3.8) is 0 Å². The van der Waals surface area contributed by atoms with Gasteiger partial charge < -0.3 is 19.9 Å². The van der Waals surface area contributed by atoms with Crippen LogP contribution < -0.4 is 20.3 Å². The number of carbonyl (C=O) groups is 3. The number of nitrogens with one attached hydrogen (secondary N) is 3. The molecule has 1 saturated carbocycles. The monoisotopic (exact) mass is 609 g/mol. The molecule has 2 bridgehead atoms. The van der Waals surface area contributed by atoms with E-state index in [1.54, 1.807) is 31.3 Å². The predicted molar refractivity (Wildman–Crippen MR) is 159 cm³/mol. The molecular weight excluding hydrogens is 581 g/mol. The van der Waals surface area contributed by atoms with Crippen molar-refractivity contribution in [1.29, 1.82) is 0 Å². The largest absolute Gasteiger partial charge is 0.416 e. The first kappa shape index (κ1) is 28.0. The van der Waals surface area contributed by atoms with Crippen LogP contribution in [0.4, 0.5) is 16.3 Å². The molecule has 2 saturated heterocycles. The van der Waals surface area contributed by atoms with Crippen molar-refractivity contribution in [3.8, 4) is 5.88 Å². The van der Waals surface area contributed by atoms with Crippen LogP contribution in [0, 0.1) is 11.8 Å². The van der Waals surface area contributed by atoms with Crippen molar-refractivity contribution in [2.75, 3.05) is 30.4 Å². The summed E-state index contributed by atoms with van der Waals surface area (Å²) in [6.45, 7) is 1.70. The Hall–Kier alpha value is -4.09. The fourth-order valence-corrected chi connectivity index (χ4v) is 6.23. The van der Waals surface area contributed by atoms with Crippen LogP contribution in [-0.4, -0.2) is 65.1 Å². The number of benzene rings is 2. The van der Waals surface area contributed by atoms with Crippen molar-refractivity contribution in [1.82, 2.24) is 20.4 Å². The molecule has 218 valence electrons. The molecule has 42 heavy (non-hydrogen) atoms. The number of carbonyl (C=O) groups excluding carboxylic acids is 3. The van der Waals surface area contributed by atoms with Crippen LogP contribution in [0.15, 0.2) is 53.5 Å².